The first-order valence-corrected chi connectivity index (χ1v) is 14.2. The Balaban J connectivity index is 1.54. The summed E-state index contributed by atoms with van der Waals surface area (Å²) in [6, 6.07) is 28.5. The normalized spacial score (nSPS) is 12.0. The van der Waals surface area contributed by atoms with Gasteiger partial charge in [-0.3, -0.25) is 9.59 Å². The van der Waals surface area contributed by atoms with Crippen molar-refractivity contribution in [3.63, 3.8) is 0 Å². The van der Waals surface area contributed by atoms with Crippen LogP contribution in [0, 0.1) is 5.82 Å². The lowest BCUT2D eigenvalue weighted by Crippen LogP contribution is -2.53. The van der Waals surface area contributed by atoms with E-state index in [2.05, 4.69) is 10.6 Å². The summed E-state index contributed by atoms with van der Waals surface area (Å²) in [6.45, 7) is 1.88. The van der Waals surface area contributed by atoms with Crippen molar-refractivity contribution in [2.45, 2.75) is 45.1 Å². The molecule has 228 valence electrons. The third-order valence-corrected chi connectivity index (χ3v) is 6.80. The lowest BCUT2D eigenvalue weighted by atomic mass is 10.0. The molecule has 0 bridgehead atoms. The fraction of sp³-hybridized carbons (Fsp3) is 0.229. The number of rotatable bonds is 14. The number of hydrogen-bond acceptors (Lipinski definition) is 6. The molecule has 0 spiro atoms. The van der Waals surface area contributed by atoms with E-state index in [1.54, 1.807) is 24.3 Å². The molecule has 0 unspecified atom stereocenters. The Kier molecular flexibility index (Phi) is 11.5. The first-order valence-electron chi connectivity index (χ1n) is 14.2. The van der Waals surface area contributed by atoms with Crippen molar-refractivity contribution in [2.75, 3.05) is 7.11 Å². The number of methoxy groups -OCH3 is 1. The first-order chi connectivity index (χ1) is 21.3. The second-order valence-electron chi connectivity index (χ2n) is 10.2. The highest BCUT2D eigenvalue weighted by Crippen LogP contribution is 2.31. The summed E-state index contributed by atoms with van der Waals surface area (Å²) in [6.07, 6.45) is -0.0392. The smallest absolute Gasteiger partial charge is 0.328 e. The van der Waals surface area contributed by atoms with E-state index in [1.807, 2.05) is 60.7 Å². The minimum atomic E-state index is -1.12. The van der Waals surface area contributed by atoms with Crippen molar-refractivity contribution < 1.29 is 33.0 Å². The van der Waals surface area contributed by atoms with Gasteiger partial charge in [-0.25, -0.2) is 9.18 Å². The summed E-state index contributed by atoms with van der Waals surface area (Å²) in [5.41, 5.74) is 2.87. The maximum atomic E-state index is 14.3. The van der Waals surface area contributed by atoms with E-state index in [1.165, 1.54) is 32.2 Å². The highest BCUT2D eigenvalue weighted by molar-refractivity contribution is 5.90. The molecule has 2 amide bonds. The molecule has 0 saturated carbocycles. The maximum absolute atomic E-state index is 14.3. The fourth-order valence-corrected chi connectivity index (χ4v) is 4.56. The highest BCUT2D eigenvalue weighted by atomic mass is 19.1. The number of carbonyl (C=O) groups is 3. The first kappa shape index (κ1) is 31.7. The molecule has 0 heterocycles. The van der Waals surface area contributed by atoms with Crippen LogP contribution in [-0.2, 0) is 45.2 Å². The summed E-state index contributed by atoms with van der Waals surface area (Å²) >= 11 is 0. The average molecular weight is 599 g/mol. The molecule has 0 saturated heterocycles. The van der Waals surface area contributed by atoms with E-state index in [4.69, 9.17) is 14.2 Å². The van der Waals surface area contributed by atoms with Crippen molar-refractivity contribution in [3.8, 4) is 11.5 Å². The molecule has 4 aromatic rings. The SMILES string of the molecule is COC(=O)[C@H](Cc1ccc(OCc2ccccc2)c(OCc2ccccc2)c1)NC(=O)[C@@H](Cc1ccccc1F)NC(C)=O. The summed E-state index contributed by atoms with van der Waals surface area (Å²) in [5, 5.41) is 5.23. The molecule has 2 atom stereocenters. The zero-order valence-corrected chi connectivity index (χ0v) is 24.6. The van der Waals surface area contributed by atoms with Crippen LogP contribution < -0.4 is 20.1 Å². The van der Waals surface area contributed by atoms with Crippen molar-refractivity contribution >= 4 is 17.8 Å². The molecule has 44 heavy (non-hydrogen) atoms. The van der Waals surface area contributed by atoms with E-state index in [0.717, 1.165) is 11.1 Å². The second-order valence-corrected chi connectivity index (χ2v) is 10.2. The van der Waals surface area contributed by atoms with Gasteiger partial charge in [0.2, 0.25) is 11.8 Å². The summed E-state index contributed by atoms with van der Waals surface area (Å²) in [5.74, 6) is -1.32. The Morgan fingerprint density at radius 3 is 1.86 bits per heavy atom. The van der Waals surface area contributed by atoms with Gasteiger partial charge in [-0.1, -0.05) is 84.9 Å². The molecule has 4 rings (SSSR count). The van der Waals surface area contributed by atoms with E-state index in [-0.39, 0.29) is 25.0 Å². The molecule has 0 aliphatic rings. The third-order valence-electron chi connectivity index (χ3n) is 6.80. The molecule has 0 aliphatic heterocycles. The molecule has 0 aromatic heterocycles. The monoisotopic (exact) mass is 598 g/mol. The Morgan fingerprint density at radius 1 is 0.682 bits per heavy atom. The summed E-state index contributed by atoms with van der Waals surface area (Å²) < 4.78 is 31.5. The molecule has 8 nitrogen and oxygen atoms in total. The van der Waals surface area contributed by atoms with Gasteiger partial charge in [0.25, 0.3) is 0 Å². The number of carbonyl (C=O) groups excluding carboxylic acids is 3. The van der Waals surface area contributed by atoms with E-state index < -0.39 is 35.7 Å². The predicted octanol–water partition coefficient (Wildman–Crippen LogP) is 4.93. The number of ether oxygens (including phenoxy) is 3. The lowest BCUT2D eigenvalue weighted by molar-refractivity contribution is -0.145. The molecular weight excluding hydrogens is 563 g/mol. The van der Waals surface area contributed by atoms with Gasteiger partial charge in [-0.2, -0.15) is 0 Å². The Morgan fingerprint density at radius 2 is 1.27 bits per heavy atom. The van der Waals surface area contributed by atoms with Gasteiger partial charge < -0.3 is 24.8 Å². The molecule has 0 fully saturated rings. The minimum Gasteiger partial charge on any atom is -0.485 e. The number of benzene rings is 4. The Hall–Kier alpha value is -5.18. The second kappa shape index (κ2) is 15.9. The van der Waals surface area contributed by atoms with Crippen LogP contribution in [0.25, 0.3) is 0 Å². The molecule has 2 N–H and O–H groups in total. The van der Waals surface area contributed by atoms with Gasteiger partial charge in [-0.05, 0) is 40.5 Å². The van der Waals surface area contributed by atoms with Crippen LogP contribution in [-0.4, -0.2) is 37.0 Å². The topological polar surface area (TPSA) is 103 Å². The van der Waals surface area contributed by atoms with E-state index in [0.29, 0.717) is 23.7 Å². The number of hydrogen-bond donors (Lipinski definition) is 2. The standard InChI is InChI=1S/C35H35FN2O6/c1-24(39)37-30(21-28-15-9-10-16-29(28)36)34(40)38-31(35(41)42-2)19-27-17-18-32(43-22-25-11-5-3-6-12-25)33(20-27)44-23-26-13-7-4-8-14-26/h3-18,20,30-31H,19,21-23H2,1-2H3,(H,37,39)(H,38,40)/t30-,31+/m1/s1. The maximum Gasteiger partial charge on any atom is 0.328 e. The van der Waals surface area contributed by atoms with Gasteiger partial charge in [-0.15, -0.1) is 0 Å². The predicted molar refractivity (Wildman–Crippen MR) is 163 cm³/mol. The fourth-order valence-electron chi connectivity index (χ4n) is 4.56. The Bertz CT molecular complexity index is 1550. The number of esters is 1. The zero-order valence-electron chi connectivity index (χ0n) is 24.6. The van der Waals surface area contributed by atoms with Crippen LogP contribution in [0.15, 0.2) is 103 Å². The van der Waals surface area contributed by atoms with Gasteiger partial charge >= 0.3 is 5.97 Å². The van der Waals surface area contributed by atoms with Gasteiger partial charge in [0, 0.05) is 19.8 Å². The van der Waals surface area contributed by atoms with Crippen LogP contribution in [0.1, 0.15) is 29.2 Å². The van der Waals surface area contributed by atoms with Gasteiger partial charge in [0.15, 0.2) is 11.5 Å². The van der Waals surface area contributed by atoms with Crippen LogP contribution in [0.5, 0.6) is 11.5 Å². The van der Waals surface area contributed by atoms with Crippen LogP contribution in [0.3, 0.4) is 0 Å². The zero-order chi connectivity index (χ0) is 31.3. The van der Waals surface area contributed by atoms with Crippen LogP contribution in [0.2, 0.25) is 0 Å². The molecule has 0 aliphatic carbocycles. The van der Waals surface area contributed by atoms with Crippen LogP contribution >= 0.6 is 0 Å². The van der Waals surface area contributed by atoms with Crippen LogP contribution in [0.4, 0.5) is 4.39 Å². The third kappa shape index (κ3) is 9.42. The number of halogens is 1. The molecule has 4 aromatic carbocycles. The quantitative estimate of drug-likeness (QED) is 0.200. The number of amides is 2. The largest absolute Gasteiger partial charge is 0.485 e. The average Bonchev–Trinajstić information content (AvgIpc) is 3.04. The minimum absolute atomic E-state index is 0.0611. The van der Waals surface area contributed by atoms with Gasteiger partial charge in [0.05, 0.1) is 7.11 Å². The number of nitrogens with one attached hydrogen (secondary N) is 2. The summed E-state index contributed by atoms with van der Waals surface area (Å²) in [7, 11) is 1.22. The molecular formula is C35H35FN2O6. The van der Waals surface area contributed by atoms with Crippen molar-refractivity contribution in [3.05, 3.63) is 131 Å². The molecule has 0 radical (unpaired) electrons. The van der Waals surface area contributed by atoms with Crippen molar-refractivity contribution in [1.29, 1.82) is 0 Å². The Labute approximate surface area is 256 Å². The summed E-state index contributed by atoms with van der Waals surface area (Å²) in [4.78, 5) is 38.0. The lowest BCUT2D eigenvalue weighted by Gasteiger charge is -2.22. The van der Waals surface area contributed by atoms with E-state index >= 15 is 0 Å². The van der Waals surface area contributed by atoms with Gasteiger partial charge in [0.1, 0.15) is 31.1 Å². The van der Waals surface area contributed by atoms with Crippen molar-refractivity contribution in [2.24, 2.45) is 0 Å². The molecule has 9 heteroatoms. The highest BCUT2D eigenvalue weighted by Gasteiger charge is 2.28. The van der Waals surface area contributed by atoms with E-state index in [9.17, 15) is 18.8 Å². The van der Waals surface area contributed by atoms with Crippen molar-refractivity contribution in [1.82, 2.24) is 10.6 Å².